The lowest BCUT2D eigenvalue weighted by molar-refractivity contribution is 0.277. The molecule has 1 N–H and O–H groups in total. The van der Waals surface area contributed by atoms with E-state index in [-0.39, 0.29) is 6.61 Å². The molecule has 0 aliphatic rings. The number of halogens is 1. The summed E-state index contributed by atoms with van der Waals surface area (Å²) in [4.78, 5) is 1.03. The first-order chi connectivity index (χ1) is 9.79. The highest BCUT2D eigenvalue weighted by Gasteiger charge is 2.16. The summed E-state index contributed by atoms with van der Waals surface area (Å²) in [5.41, 5.74) is 2.41. The minimum atomic E-state index is -0.129. The molecule has 0 spiro atoms. The maximum Gasteiger partial charge on any atom is 0.117 e. The zero-order chi connectivity index (χ0) is 13.9. The first-order valence-electron chi connectivity index (χ1n) is 6.10. The van der Waals surface area contributed by atoms with Crippen molar-refractivity contribution in [3.8, 4) is 10.6 Å². The van der Waals surface area contributed by atoms with Crippen molar-refractivity contribution in [3.63, 3.8) is 0 Å². The summed E-state index contributed by atoms with van der Waals surface area (Å²) in [6.07, 6.45) is 0. The first kappa shape index (κ1) is 13.3. The van der Waals surface area contributed by atoms with Gasteiger partial charge in [0.05, 0.1) is 18.0 Å². The summed E-state index contributed by atoms with van der Waals surface area (Å²) in [7, 11) is 0. The van der Waals surface area contributed by atoms with Gasteiger partial charge < -0.3 is 5.11 Å². The van der Waals surface area contributed by atoms with Crippen molar-refractivity contribution < 1.29 is 5.11 Å². The molecule has 20 heavy (non-hydrogen) atoms. The SMILES string of the molecule is OCc1nnn(Cc2ccccc2Cl)c1-c1cccs1. The summed E-state index contributed by atoms with van der Waals surface area (Å²) >= 11 is 7.78. The van der Waals surface area contributed by atoms with Gasteiger partial charge in [-0.2, -0.15) is 0 Å². The molecule has 102 valence electrons. The number of benzene rings is 1. The van der Waals surface area contributed by atoms with Gasteiger partial charge in [-0.15, -0.1) is 16.4 Å². The lowest BCUT2D eigenvalue weighted by Gasteiger charge is -2.07. The summed E-state index contributed by atoms with van der Waals surface area (Å²) < 4.78 is 1.78. The Kier molecular flexibility index (Phi) is 3.82. The van der Waals surface area contributed by atoms with Gasteiger partial charge in [0, 0.05) is 5.02 Å². The molecule has 0 saturated heterocycles. The molecule has 0 amide bonds. The molecule has 1 aromatic carbocycles. The van der Waals surface area contributed by atoms with Crippen LogP contribution in [0.1, 0.15) is 11.3 Å². The average molecular weight is 306 g/mol. The zero-order valence-electron chi connectivity index (χ0n) is 10.5. The second-order valence-electron chi connectivity index (χ2n) is 4.27. The molecule has 0 aliphatic heterocycles. The summed E-state index contributed by atoms with van der Waals surface area (Å²) in [5.74, 6) is 0. The van der Waals surface area contributed by atoms with Crippen LogP contribution in [0.15, 0.2) is 41.8 Å². The highest BCUT2D eigenvalue weighted by molar-refractivity contribution is 7.13. The van der Waals surface area contributed by atoms with E-state index in [0.717, 1.165) is 16.1 Å². The fraction of sp³-hybridized carbons (Fsp3) is 0.143. The number of rotatable bonds is 4. The average Bonchev–Trinajstić information content (AvgIpc) is 3.09. The molecule has 3 aromatic rings. The van der Waals surface area contributed by atoms with E-state index in [9.17, 15) is 5.11 Å². The quantitative estimate of drug-likeness (QED) is 0.805. The normalized spacial score (nSPS) is 10.9. The molecule has 0 bridgehead atoms. The van der Waals surface area contributed by atoms with Gasteiger partial charge >= 0.3 is 0 Å². The molecule has 0 aliphatic carbocycles. The smallest absolute Gasteiger partial charge is 0.117 e. The van der Waals surface area contributed by atoms with Crippen molar-refractivity contribution in [1.29, 1.82) is 0 Å². The second-order valence-corrected chi connectivity index (χ2v) is 5.62. The molecule has 0 atom stereocenters. The van der Waals surface area contributed by atoms with E-state index in [2.05, 4.69) is 10.3 Å². The monoisotopic (exact) mass is 305 g/mol. The number of aliphatic hydroxyl groups excluding tert-OH is 1. The number of aromatic nitrogens is 3. The standard InChI is InChI=1S/C14H12ClN3OS/c15-11-5-2-1-4-10(11)8-18-14(12(9-19)16-17-18)13-6-3-7-20-13/h1-7,19H,8-9H2. The van der Waals surface area contributed by atoms with Crippen molar-refractivity contribution in [3.05, 3.63) is 58.1 Å². The predicted octanol–water partition coefficient (Wildman–Crippen LogP) is 3.20. The third-order valence-electron chi connectivity index (χ3n) is 2.99. The van der Waals surface area contributed by atoms with Gasteiger partial charge in [-0.25, -0.2) is 4.68 Å². The van der Waals surface area contributed by atoms with Crippen LogP contribution in [0.2, 0.25) is 5.02 Å². The van der Waals surface area contributed by atoms with Crippen LogP contribution in [-0.4, -0.2) is 20.1 Å². The minimum Gasteiger partial charge on any atom is -0.390 e. The molecule has 6 heteroatoms. The van der Waals surface area contributed by atoms with Crippen molar-refractivity contribution in [1.82, 2.24) is 15.0 Å². The molecular weight excluding hydrogens is 294 g/mol. The molecular formula is C14H12ClN3OS. The van der Waals surface area contributed by atoms with E-state index in [1.54, 1.807) is 16.0 Å². The predicted molar refractivity (Wildman–Crippen MR) is 79.8 cm³/mol. The van der Waals surface area contributed by atoms with Crippen LogP contribution in [0.25, 0.3) is 10.6 Å². The Morgan fingerprint density at radius 1 is 1.20 bits per heavy atom. The number of hydrogen-bond acceptors (Lipinski definition) is 4. The largest absolute Gasteiger partial charge is 0.390 e. The summed E-state index contributed by atoms with van der Waals surface area (Å²) in [5, 5.41) is 20.3. The van der Waals surface area contributed by atoms with Gasteiger partial charge in [0.15, 0.2) is 0 Å². The van der Waals surface area contributed by atoms with Crippen LogP contribution in [0.4, 0.5) is 0 Å². The maximum atomic E-state index is 9.41. The van der Waals surface area contributed by atoms with Gasteiger partial charge in [-0.3, -0.25) is 0 Å². The number of thiophene rings is 1. The Balaban J connectivity index is 2.03. The third kappa shape index (κ3) is 2.47. The van der Waals surface area contributed by atoms with Crippen LogP contribution in [0.5, 0.6) is 0 Å². The van der Waals surface area contributed by atoms with Gasteiger partial charge in [0.25, 0.3) is 0 Å². The topological polar surface area (TPSA) is 50.9 Å². The van der Waals surface area contributed by atoms with Gasteiger partial charge in [0.2, 0.25) is 0 Å². The van der Waals surface area contributed by atoms with Gasteiger partial charge in [-0.1, -0.05) is 41.1 Å². The highest BCUT2D eigenvalue weighted by Crippen LogP contribution is 2.28. The Bertz CT molecular complexity index is 709. The highest BCUT2D eigenvalue weighted by atomic mass is 35.5. The van der Waals surface area contributed by atoms with Crippen LogP contribution in [0, 0.1) is 0 Å². The van der Waals surface area contributed by atoms with Crippen LogP contribution >= 0.6 is 22.9 Å². The maximum absolute atomic E-state index is 9.41. The van der Waals surface area contributed by atoms with Gasteiger partial charge in [-0.05, 0) is 23.1 Å². The minimum absolute atomic E-state index is 0.129. The van der Waals surface area contributed by atoms with Crippen LogP contribution < -0.4 is 0 Å². The number of aliphatic hydroxyl groups is 1. The van der Waals surface area contributed by atoms with Crippen LogP contribution in [0.3, 0.4) is 0 Å². The molecule has 0 saturated carbocycles. The van der Waals surface area contributed by atoms with Crippen molar-refractivity contribution in [2.75, 3.05) is 0 Å². The van der Waals surface area contributed by atoms with Crippen molar-refractivity contribution >= 4 is 22.9 Å². The molecule has 3 rings (SSSR count). The van der Waals surface area contributed by atoms with Gasteiger partial charge in [0.1, 0.15) is 11.4 Å². The molecule has 0 radical (unpaired) electrons. The van der Waals surface area contributed by atoms with Crippen molar-refractivity contribution in [2.24, 2.45) is 0 Å². The number of nitrogens with zero attached hydrogens (tertiary/aromatic N) is 3. The summed E-state index contributed by atoms with van der Waals surface area (Å²) in [6, 6.07) is 11.6. The molecule has 0 fully saturated rings. The third-order valence-corrected chi connectivity index (χ3v) is 4.23. The first-order valence-corrected chi connectivity index (χ1v) is 7.36. The Hall–Kier alpha value is -1.69. The lowest BCUT2D eigenvalue weighted by atomic mass is 10.2. The van der Waals surface area contributed by atoms with E-state index in [1.165, 1.54) is 0 Å². The van der Waals surface area contributed by atoms with Crippen LogP contribution in [-0.2, 0) is 13.2 Å². The lowest BCUT2D eigenvalue weighted by Crippen LogP contribution is -2.04. The van der Waals surface area contributed by atoms with E-state index in [4.69, 9.17) is 11.6 Å². The Morgan fingerprint density at radius 3 is 2.75 bits per heavy atom. The van der Waals surface area contributed by atoms with E-state index < -0.39 is 0 Å². The second kappa shape index (κ2) is 5.75. The summed E-state index contributed by atoms with van der Waals surface area (Å²) in [6.45, 7) is 0.398. The number of hydrogen-bond donors (Lipinski definition) is 1. The molecule has 2 heterocycles. The van der Waals surface area contributed by atoms with Crippen molar-refractivity contribution in [2.45, 2.75) is 13.2 Å². The zero-order valence-corrected chi connectivity index (χ0v) is 12.1. The fourth-order valence-electron chi connectivity index (χ4n) is 2.04. The Labute approximate surface area is 125 Å². The molecule has 2 aromatic heterocycles. The Morgan fingerprint density at radius 2 is 2.05 bits per heavy atom. The van der Waals surface area contributed by atoms with E-state index >= 15 is 0 Å². The molecule has 4 nitrogen and oxygen atoms in total. The molecule has 0 unspecified atom stereocenters. The van der Waals surface area contributed by atoms with E-state index in [1.807, 2.05) is 41.8 Å². The van der Waals surface area contributed by atoms with E-state index in [0.29, 0.717) is 17.3 Å². The fourth-order valence-corrected chi connectivity index (χ4v) is 3.03.